The van der Waals surface area contributed by atoms with Crippen LogP contribution in [0.3, 0.4) is 0 Å². The molecule has 1 nitrogen and oxygen atoms in total. The molecule has 0 saturated heterocycles. The molecule has 0 atom stereocenters. The predicted octanol–water partition coefficient (Wildman–Crippen LogP) is 1.27. The first kappa shape index (κ1) is 11.2. The van der Waals surface area contributed by atoms with E-state index in [2.05, 4.69) is 15.9 Å². The van der Waals surface area contributed by atoms with E-state index in [1.807, 2.05) is 0 Å². The van der Waals surface area contributed by atoms with Gasteiger partial charge in [-0.25, -0.2) is 6.29 Å². The molecule has 0 saturated carbocycles. The van der Waals surface area contributed by atoms with Crippen LogP contribution in [-0.2, 0) is 4.79 Å². The maximum atomic E-state index is 9.65. The Kier molecular flexibility index (Phi) is 6.89. The number of hydrogen-bond acceptors (Lipinski definition) is 1. The smallest absolute Gasteiger partial charge is 0 e. The van der Waals surface area contributed by atoms with E-state index in [4.69, 9.17) is 0 Å². The van der Waals surface area contributed by atoms with E-state index < -0.39 is 4.32 Å². The van der Waals surface area contributed by atoms with Gasteiger partial charge in [-0.15, -0.1) is 15.9 Å². The van der Waals surface area contributed by atoms with Crippen LogP contribution in [-0.4, -0.2) is 10.6 Å². The third-order valence-corrected chi connectivity index (χ3v) is 0.405. The summed E-state index contributed by atoms with van der Waals surface area (Å²) in [7, 11) is 0. The Morgan fingerprint density at radius 1 is 1.57 bits per heavy atom. The van der Waals surface area contributed by atoms with Crippen molar-refractivity contribution < 1.29 is 42.1 Å². The first-order valence-corrected chi connectivity index (χ1v) is 2.44. The number of rotatable bonds is 1. The average molecular weight is 317 g/mol. The monoisotopic (exact) mass is 315 g/mol. The summed E-state index contributed by atoms with van der Waals surface area (Å²) in [5.74, 6) is 0. The molecular weight excluding hydrogens is 311 g/mol. The van der Waals surface area contributed by atoms with Gasteiger partial charge < -0.3 is 4.79 Å². The van der Waals surface area contributed by atoms with Crippen LogP contribution < -0.4 is 0 Å². The largest absolute Gasteiger partial charge is 0.540 e. The molecule has 0 aromatic carbocycles. The van der Waals surface area contributed by atoms with E-state index in [1.54, 1.807) is 20.1 Å². The van der Waals surface area contributed by atoms with Crippen molar-refractivity contribution in [2.24, 2.45) is 0 Å². The molecule has 7 heavy (non-hydrogen) atoms. The molecule has 0 fully saturated rings. The van der Waals surface area contributed by atoms with Crippen LogP contribution in [0.15, 0.2) is 0 Å². The summed E-state index contributed by atoms with van der Waals surface area (Å²) < 4.78 is -0.451. The first-order chi connectivity index (χ1) is 2.56. The maximum Gasteiger partial charge on any atom is 0 e. The topological polar surface area (TPSA) is 17.1 Å². The molecule has 0 aliphatic rings. The van der Waals surface area contributed by atoms with Crippen LogP contribution in [0.1, 0.15) is 13.8 Å². The summed E-state index contributed by atoms with van der Waals surface area (Å²) >= 11 is 3.05. The van der Waals surface area contributed by atoms with Crippen LogP contribution in [0.2, 0.25) is 0 Å². The summed E-state index contributed by atoms with van der Waals surface area (Å²) in [6.45, 7) is 3.47. The first-order valence-electron chi connectivity index (χ1n) is 1.64. The maximum absolute atomic E-state index is 9.65. The molecule has 0 bridgehead atoms. The molecule has 0 amide bonds. The minimum atomic E-state index is -0.451. The molecule has 0 unspecified atom stereocenters. The molecular formula is C4H6BrErO-. The third-order valence-electron chi connectivity index (χ3n) is 0.243. The third kappa shape index (κ3) is 11.1. The summed E-state index contributed by atoms with van der Waals surface area (Å²) in [5.41, 5.74) is 0. The molecule has 0 aliphatic heterocycles. The minimum absolute atomic E-state index is 0. The molecule has 0 heterocycles. The van der Waals surface area contributed by atoms with Gasteiger partial charge in [0.25, 0.3) is 0 Å². The number of halogens is 1. The fourth-order valence-corrected chi connectivity index (χ4v) is 0. The van der Waals surface area contributed by atoms with Crippen LogP contribution in [0.25, 0.3) is 0 Å². The number of carbonyl (C=O) groups excluding carboxylic acids is 1. The Balaban J connectivity index is 0. The Bertz CT molecular complexity index is 57.2. The molecule has 0 aliphatic carbocycles. The molecule has 0 rings (SSSR count). The molecule has 0 aromatic rings. The quantitative estimate of drug-likeness (QED) is 0.526. The van der Waals surface area contributed by atoms with Gasteiger partial charge in [0, 0.05) is 37.3 Å². The van der Waals surface area contributed by atoms with Gasteiger partial charge in [-0.1, -0.05) is 18.2 Å². The molecule has 0 N–H and O–H groups in total. The van der Waals surface area contributed by atoms with Crippen molar-refractivity contribution in [3.63, 3.8) is 0 Å². The molecule has 3 heteroatoms. The minimum Gasteiger partial charge on any atom is -0.540 e. The molecule has 0 spiro atoms. The summed E-state index contributed by atoms with van der Waals surface area (Å²) in [5, 5.41) is 0. The van der Waals surface area contributed by atoms with Gasteiger partial charge in [0.15, 0.2) is 0 Å². The standard InChI is InChI=1S/C4H6BrO.Er/c1-4(2,5)3-6;/h1-2H3;/q-1;. The van der Waals surface area contributed by atoms with E-state index in [9.17, 15) is 4.79 Å². The van der Waals surface area contributed by atoms with Crippen LogP contribution in [0, 0.1) is 37.3 Å². The van der Waals surface area contributed by atoms with Crippen molar-refractivity contribution in [1.82, 2.24) is 0 Å². The second-order valence-corrected chi connectivity index (χ2v) is 3.56. The second-order valence-electron chi connectivity index (χ2n) is 1.57. The van der Waals surface area contributed by atoms with Crippen molar-refractivity contribution in [3.8, 4) is 0 Å². The van der Waals surface area contributed by atoms with Gasteiger partial charge in [-0.2, -0.15) is 0 Å². The van der Waals surface area contributed by atoms with Crippen molar-refractivity contribution in [2.45, 2.75) is 18.2 Å². The number of alkyl halides is 1. The Morgan fingerprint density at radius 3 is 1.71 bits per heavy atom. The van der Waals surface area contributed by atoms with Gasteiger partial charge in [-0.05, 0) is 0 Å². The summed E-state index contributed by atoms with van der Waals surface area (Å²) in [6.07, 6.45) is 1.77. The van der Waals surface area contributed by atoms with Crippen LogP contribution in [0.5, 0.6) is 0 Å². The van der Waals surface area contributed by atoms with Crippen molar-refractivity contribution in [1.29, 1.82) is 0 Å². The zero-order valence-electron chi connectivity index (χ0n) is 4.07. The summed E-state index contributed by atoms with van der Waals surface area (Å²) in [4.78, 5) is 9.65. The fourth-order valence-electron chi connectivity index (χ4n) is 0. The average Bonchev–Trinajstić information content (AvgIpc) is 1.35. The van der Waals surface area contributed by atoms with Crippen molar-refractivity contribution in [3.05, 3.63) is 0 Å². The molecule has 0 radical (unpaired) electrons. The number of hydrogen-bond donors (Lipinski definition) is 0. The van der Waals surface area contributed by atoms with Gasteiger partial charge in [0.1, 0.15) is 0 Å². The Morgan fingerprint density at radius 2 is 1.71 bits per heavy atom. The van der Waals surface area contributed by atoms with Crippen LogP contribution in [0.4, 0.5) is 0 Å². The fraction of sp³-hybridized carbons (Fsp3) is 0.750. The van der Waals surface area contributed by atoms with E-state index >= 15 is 0 Å². The van der Waals surface area contributed by atoms with Gasteiger partial charge in [0.05, 0.1) is 0 Å². The van der Waals surface area contributed by atoms with Gasteiger partial charge in [-0.3, -0.25) is 0 Å². The molecule has 0 aromatic heterocycles. The van der Waals surface area contributed by atoms with Gasteiger partial charge >= 0.3 is 0 Å². The van der Waals surface area contributed by atoms with E-state index in [1.165, 1.54) is 0 Å². The van der Waals surface area contributed by atoms with Crippen LogP contribution >= 0.6 is 15.9 Å². The predicted molar refractivity (Wildman–Crippen MR) is 28.7 cm³/mol. The van der Waals surface area contributed by atoms with E-state index in [0.717, 1.165) is 0 Å². The second kappa shape index (κ2) is 4.29. The van der Waals surface area contributed by atoms with E-state index in [-0.39, 0.29) is 37.3 Å². The zero-order chi connectivity index (χ0) is 5.21. The van der Waals surface area contributed by atoms with E-state index in [0.29, 0.717) is 0 Å². The Labute approximate surface area is 81.6 Å². The summed E-state index contributed by atoms with van der Waals surface area (Å²) in [6, 6.07) is 0. The normalized spacial score (nSPS) is 9.57. The Hall–Kier alpha value is 1.40. The molecule has 48 valence electrons. The van der Waals surface area contributed by atoms with Crippen molar-refractivity contribution >= 4 is 22.2 Å². The SMILES string of the molecule is CC(C)(Br)[C-]=O.[Er]. The zero-order valence-corrected chi connectivity index (χ0v) is 7.51. The van der Waals surface area contributed by atoms with Gasteiger partial charge in [0.2, 0.25) is 0 Å². The van der Waals surface area contributed by atoms with Crippen molar-refractivity contribution in [2.75, 3.05) is 0 Å².